The van der Waals surface area contributed by atoms with Crippen molar-refractivity contribution in [3.8, 4) is 11.5 Å². The first-order valence-corrected chi connectivity index (χ1v) is 6.14. The van der Waals surface area contributed by atoms with E-state index in [0.29, 0.717) is 0 Å². The highest BCUT2D eigenvalue weighted by atomic mass is 16.3. The Morgan fingerprint density at radius 1 is 0.941 bits per heavy atom. The van der Waals surface area contributed by atoms with Gasteiger partial charge in [-0.3, -0.25) is 0 Å². The zero-order chi connectivity index (χ0) is 13.3. The molecule has 0 spiro atoms. The van der Waals surface area contributed by atoms with Crippen molar-refractivity contribution in [2.45, 2.75) is 52.9 Å². The molecular weight excluding hydrogens is 212 g/mol. The highest BCUT2D eigenvalue weighted by Gasteiger charge is 2.26. The van der Waals surface area contributed by atoms with Gasteiger partial charge in [0.25, 0.3) is 0 Å². The molecule has 2 N–H and O–H groups in total. The molecular formula is C15H24O2. The van der Waals surface area contributed by atoms with Crippen LogP contribution >= 0.6 is 0 Å². The van der Waals surface area contributed by atoms with Gasteiger partial charge in [-0.15, -0.1) is 0 Å². The number of aromatic hydroxyl groups is 2. The summed E-state index contributed by atoms with van der Waals surface area (Å²) in [5, 5.41) is 19.4. The third kappa shape index (κ3) is 3.95. The molecule has 0 radical (unpaired) electrons. The standard InChI is InChI=1S/C15H24O2/c1-14(2,3)8-9-15(4,5)12-10-11(16)6-7-13(12)17/h6-7,10,16-17H,8-9H2,1-5H3. The third-order valence-corrected chi connectivity index (χ3v) is 3.21. The summed E-state index contributed by atoms with van der Waals surface area (Å²) in [6.07, 6.45) is 2.06. The van der Waals surface area contributed by atoms with E-state index in [1.165, 1.54) is 6.07 Å². The van der Waals surface area contributed by atoms with Gasteiger partial charge in [-0.1, -0.05) is 34.6 Å². The van der Waals surface area contributed by atoms with Gasteiger partial charge in [0.2, 0.25) is 0 Å². The first kappa shape index (κ1) is 13.9. The molecule has 0 amide bonds. The summed E-state index contributed by atoms with van der Waals surface area (Å²) in [4.78, 5) is 0. The van der Waals surface area contributed by atoms with Crippen LogP contribution in [0.4, 0.5) is 0 Å². The molecule has 2 nitrogen and oxygen atoms in total. The quantitative estimate of drug-likeness (QED) is 0.772. The number of hydrogen-bond donors (Lipinski definition) is 2. The van der Waals surface area contributed by atoms with Crippen molar-refractivity contribution in [3.63, 3.8) is 0 Å². The Kier molecular flexibility index (Phi) is 3.75. The fourth-order valence-electron chi connectivity index (χ4n) is 1.89. The Morgan fingerprint density at radius 3 is 2.06 bits per heavy atom. The van der Waals surface area contributed by atoms with Gasteiger partial charge in [-0.25, -0.2) is 0 Å². The predicted molar refractivity (Wildman–Crippen MR) is 71.5 cm³/mol. The van der Waals surface area contributed by atoms with Crippen LogP contribution in [0.3, 0.4) is 0 Å². The third-order valence-electron chi connectivity index (χ3n) is 3.21. The Labute approximate surface area is 104 Å². The second-order valence-electron chi connectivity index (χ2n) is 6.65. The normalized spacial score (nSPS) is 12.8. The van der Waals surface area contributed by atoms with E-state index in [4.69, 9.17) is 0 Å². The van der Waals surface area contributed by atoms with Crippen LogP contribution in [0.15, 0.2) is 18.2 Å². The van der Waals surface area contributed by atoms with E-state index in [1.807, 2.05) is 0 Å². The maximum atomic E-state index is 9.89. The van der Waals surface area contributed by atoms with Crippen molar-refractivity contribution >= 4 is 0 Å². The fraction of sp³-hybridized carbons (Fsp3) is 0.600. The smallest absolute Gasteiger partial charge is 0.119 e. The lowest BCUT2D eigenvalue weighted by Crippen LogP contribution is -2.20. The van der Waals surface area contributed by atoms with E-state index in [1.54, 1.807) is 12.1 Å². The topological polar surface area (TPSA) is 40.5 Å². The molecule has 0 heterocycles. The summed E-state index contributed by atoms with van der Waals surface area (Å²) in [5.74, 6) is 0.475. The minimum absolute atomic E-state index is 0.129. The zero-order valence-electron chi connectivity index (χ0n) is 11.5. The predicted octanol–water partition coefficient (Wildman–Crippen LogP) is 4.20. The molecule has 0 saturated carbocycles. The van der Waals surface area contributed by atoms with E-state index in [2.05, 4.69) is 34.6 Å². The second kappa shape index (κ2) is 4.59. The van der Waals surface area contributed by atoms with Gasteiger partial charge in [0.1, 0.15) is 11.5 Å². The number of rotatable bonds is 3. The van der Waals surface area contributed by atoms with Crippen LogP contribution in [-0.4, -0.2) is 10.2 Å². The molecule has 2 heteroatoms. The van der Waals surface area contributed by atoms with E-state index >= 15 is 0 Å². The fourth-order valence-corrected chi connectivity index (χ4v) is 1.89. The van der Waals surface area contributed by atoms with Crippen LogP contribution in [0.2, 0.25) is 0 Å². The number of benzene rings is 1. The van der Waals surface area contributed by atoms with Crippen molar-refractivity contribution in [3.05, 3.63) is 23.8 Å². The maximum Gasteiger partial charge on any atom is 0.119 e. The second-order valence-corrected chi connectivity index (χ2v) is 6.65. The molecule has 1 aromatic rings. The van der Waals surface area contributed by atoms with Crippen molar-refractivity contribution in [1.82, 2.24) is 0 Å². The van der Waals surface area contributed by atoms with Crippen LogP contribution < -0.4 is 0 Å². The van der Waals surface area contributed by atoms with Crippen molar-refractivity contribution in [1.29, 1.82) is 0 Å². The Bertz CT molecular complexity index is 386. The monoisotopic (exact) mass is 236 g/mol. The SMILES string of the molecule is CC(C)(C)CCC(C)(C)c1cc(O)ccc1O. The van der Waals surface area contributed by atoms with E-state index in [9.17, 15) is 10.2 Å². The van der Waals surface area contributed by atoms with Crippen LogP contribution in [0.5, 0.6) is 11.5 Å². The summed E-state index contributed by atoms with van der Waals surface area (Å²) < 4.78 is 0. The zero-order valence-corrected chi connectivity index (χ0v) is 11.5. The highest BCUT2D eigenvalue weighted by molar-refractivity contribution is 5.42. The van der Waals surface area contributed by atoms with Gasteiger partial charge in [-0.2, -0.15) is 0 Å². The molecule has 0 saturated heterocycles. The minimum Gasteiger partial charge on any atom is -0.508 e. The lowest BCUT2D eigenvalue weighted by atomic mass is 9.75. The summed E-state index contributed by atoms with van der Waals surface area (Å²) in [6.45, 7) is 10.8. The first-order valence-electron chi connectivity index (χ1n) is 6.14. The molecule has 0 aromatic heterocycles. The molecule has 0 aliphatic rings. The Balaban J connectivity index is 2.92. The van der Waals surface area contributed by atoms with Gasteiger partial charge < -0.3 is 10.2 Å². The van der Waals surface area contributed by atoms with Gasteiger partial charge in [0.15, 0.2) is 0 Å². The molecule has 17 heavy (non-hydrogen) atoms. The van der Waals surface area contributed by atoms with Crippen LogP contribution in [0, 0.1) is 5.41 Å². The Morgan fingerprint density at radius 2 is 1.53 bits per heavy atom. The average Bonchev–Trinajstić information content (AvgIpc) is 2.18. The number of phenols is 2. The molecule has 0 atom stereocenters. The molecule has 0 fully saturated rings. The molecule has 1 rings (SSSR count). The number of hydrogen-bond acceptors (Lipinski definition) is 2. The van der Waals surface area contributed by atoms with E-state index in [0.717, 1.165) is 18.4 Å². The highest BCUT2D eigenvalue weighted by Crippen LogP contribution is 2.38. The summed E-state index contributed by atoms with van der Waals surface area (Å²) >= 11 is 0. The van der Waals surface area contributed by atoms with Gasteiger partial charge in [0.05, 0.1) is 0 Å². The van der Waals surface area contributed by atoms with Crippen molar-refractivity contribution in [2.75, 3.05) is 0 Å². The molecule has 0 aliphatic heterocycles. The van der Waals surface area contributed by atoms with Gasteiger partial charge >= 0.3 is 0 Å². The molecule has 96 valence electrons. The average molecular weight is 236 g/mol. The lowest BCUT2D eigenvalue weighted by Gasteiger charge is -2.30. The van der Waals surface area contributed by atoms with Gasteiger partial charge in [0, 0.05) is 5.56 Å². The van der Waals surface area contributed by atoms with Crippen molar-refractivity contribution < 1.29 is 10.2 Å². The Hall–Kier alpha value is -1.18. The van der Waals surface area contributed by atoms with E-state index < -0.39 is 0 Å². The minimum atomic E-state index is -0.129. The van der Waals surface area contributed by atoms with Gasteiger partial charge in [-0.05, 0) is 41.9 Å². The largest absolute Gasteiger partial charge is 0.508 e. The summed E-state index contributed by atoms with van der Waals surface area (Å²) in [7, 11) is 0. The van der Waals surface area contributed by atoms with Crippen LogP contribution in [-0.2, 0) is 5.41 Å². The maximum absolute atomic E-state index is 9.89. The molecule has 0 bridgehead atoms. The van der Waals surface area contributed by atoms with Crippen LogP contribution in [0.1, 0.15) is 53.0 Å². The first-order chi connectivity index (χ1) is 7.62. The summed E-state index contributed by atoms with van der Waals surface area (Å²) in [5.41, 5.74) is 0.974. The molecule has 1 aromatic carbocycles. The van der Waals surface area contributed by atoms with E-state index in [-0.39, 0.29) is 22.3 Å². The molecule has 0 unspecified atom stereocenters. The van der Waals surface area contributed by atoms with Crippen molar-refractivity contribution in [2.24, 2.45) is 5.41 Å². The van der Waals surface area contributed by atoms with Crippen LogP contribution in [0.25, 0.3) is 0 Å². The summed E-state index contributed by atoms with van der Waals surface area (Å²) in [6, 6.07) is 4.74. The molecule has 0 aliphatic carbocycles. The number of phenolic OH excluding ortho intramolecular Hbond substituents is 2. The lowest BCUT2D eigenvalue weighted by molar-refractivity contribution is 0.309.